The van der Waals surface area contributed by atoms with Gasteiger partial charge in [0.1, 0.15) is 5.82 Å². The van der Waals surface area contributed by atoms with Crippen molar-refractivity contribution in [3.63, 3.8) is 0 Å². The number of hydrogen-bond donors (Lipinski definition) is 1. The summed E-state index contributed by atoms with van der Waals surface area (Å²) in [5.41, 5.74) is 7.34. The normalized spacial score (nSPS) is 17.9. The zero-order valence-corrected chi connectivity index (χ0v) is 12.2. The molecule has 1 aromatic carbocycles. The van der Waals surface area contributed by atoms with Gasteiger partial charge in [0.2, 0.25) is 5.95 Å². The van der Waals surface area contributed by atoms with Crippen molar-refractivity contribution in [2.45, 2.75) is 25.8 Å². The Kier molecular flexibility index (Phi) is 3.56. The Morgan fingerprint density at radius 1 is 1.40 bits per heavy atom. The summed E-state index contributed by atoms with van der Waals surface area (Å²) in [6.07, 6.45) is 2.51. The van der Waals surface area contributed by atoms with Crippen molar-refractivity contribution < 1.29 is 4.39 Å². The van der Waals surface area contributed by atoms with E-state index in [2.05, 4.69) is 16.8 Å². The SMILES string of the molecule is CC(CN1CCCC1)n1c(N)nc2cc(F)c(Cl)cc21. The molecule has 0 bridgehead atoms. The van der Waals surface area contributed by atoms with Gasteiger partial charge in [-0.1, -0.05) is 11.6 Å². The predicted molar refractivity (Wildman–Crippen MR) is 79.5 cm³/mol. The number of fused-ring (bicyclic) bond motifs is 1. The van der Waals surface area contributed by atoms with E-state index in [0.717, 1.165) is 25.2 Å². The van der Waals surface area contributed by atoms with E-state index in [1.165, 1.54) is 18.9 Å². The molecule has 1 fully saturated rings. The van der Waals surface area contributed by atoms with Crippen molar-refractivity contribution in [2.75, 3.05) is 25.4 Å². The zero-order chi connectivity index (χ0) is 14.3. The molecule has 4 nitrogen and oxygen atoms in total. The van der Waals surface area contributed by atoms with Gasteiger partial charge in [0.15, 0.2) is 0 Å². The summed E-state index contributed by atoms with van der Waals surface area (Å²) in [4.78, 5) is 6.65. The first kappa shape index (κ1) is 13.6. The second-order valence-corrected chi connectivity index (χ2v) is 5.86. The van der Waals surface area contributed by atoms with E-state index < -0.39 is 5.82 Å². The molecule has 108 valence electrons. The van der Waals surface area contributed by atoms with Crippen LogP contribution in [0.5, 0.6) is 0 Å². The predicted octanol–water partition coefficient (Wildman–Crippen LogP) is 3.07. The third-order valence-electron chi connectivity index (χ3n) is 3.92. The van der Waals surface area contributed by atoms with E-state index in [1.807, 2.05) is 4.57 Å². The number of imidazole rings is 1. The molecule has 6 heteroatoms. The fraction of sp³-hybridized carbons (Fsp3) is 0.500. The van der Waals surface area contributed by atoms with Crippen LogP contribution in [0.2, 0.25) is 5.02 Å². The highest BCUT2D eigenvalue weighted by Crippen LogP contribution is 2.28. The second-order valence-electron chi connectivity index (χ2n) is 5.45. The van der Waals surface area contributed by atoms with Crippen LogP contribution in [-0.2, 0) is 0 Å². The number of nitrogen functional groups attached to an aromatic ring is 1. The number of rotatable bonds is 3. The fourth-order valence-corrected chi connectivity index (χ4v) is 3.15. The number of nitrogens with two attached hydrogens (primary N) is 1. The molecular weight excluding hydrogens is 279 g/mol. The lowest BCUT2D eigenvalue weighted by Gasteiger charge is -2.22. The summed E-state index contributed by atoms with van der Waals surface area (Å²) in [7, 11) is 0. The number of aromatic nitrogens is 2. The summed E-state index contributed by atoms with van der Waals surface area (Å²) in [5, 5.41) is 0.104. The van der Waals surface area contributed by atoms with Crippen LogP contribution in [0, 0.1) is 5.82 Å². The molecule has 1 aromatic heterocycles. The Morgan fingerprint density at radius 2 is 2.10 bits per heavy atom. The number of likely N-dealkylation sites (tertiary alicyclic amines) is 1. The van der Waals surface area contributed by atoms with Crippen molar-refractivity contribution in [3.8, 4) is 0 Å². The largest absolute Gasteiger partial charge is 0.369 e. The molecular formula is C14H18ClFN4. The Morgan fingerprint density at radius 3 is 2.80 bits per heavy atom. The van der Waals surface area contributed by atoms with Crippen molar-refractivity contribution in [3.05, 3.63) is 23.0 Å². The van der Waals surface area contributed by atoms with Crippen LogP contribution in [-0.4, -0.2) is 34.1 Å². The van der Waals surface area contributed by atoms with Crippen LogP contribution in [0.1, 0.15) is 25.8 Å². The number of benzene rings is 1. The first-order valence-corrected chi connectivity index (χ1v) is 7.29. The number of anilines is 1. The van der Waals surface area contributed by atoms with Crippen LogP contribution in [0.15, 0.2) is 12.1 Å². The van der Waals surface area contributed by atoms with Crippen LogP contribution in [0.3, 0.4) is 0 Å². The summed E-state index contributed by atoms with van der Waals surface area (Å²) >= 11 is 5.88. The van der Waals surface area contributed by atoms with E-state index in [9.17, 15) is 4.39 Å². The van der Waals surface area contributed by atoms with E-state index in [1.54, 1.807) is 6.07 Å². The van der Waals surface area contributed by atoms with E-state index in [0.29, 0.717) is 11.5 Å². The lowest BCUT2D eigenvalue weighted by molar-refractivity contribution is 0.291. The molecule has 0 radical (unpaired) electrons. The Labute approximate surface area is 122 Å². The minimum absolute atomic E-state index is 0.104. The number of hydrogen-bond acceptors (Lipinski definition) is 3. The van der Waals surface area contributed by atoms with Crippen LogP contribution in [0.25, 0.3) is 11.0 Å². The van der Waals surface area contributed by atoms with Gasteiger partial charge in [0, 0.05) is 18.7 Å². The Hall–Kier alpha value is -1.33. The topological polar surface area (TPSA) is 47.1 Å². The lowest BCUT2D eigenvalue weighted by Crippen LogP contribution is -2.27. The lowest BCUT2D eigenvalue weighted by atomic mass is 10.2. The van der Waals surface area contributed by atoms with Crippen molar-refractivity contribution in [1.29, 1.82) is 0 Å². The third-order valence-corrected chi connectivity index (χ3v) is 4.21. The quantitative estimate of drug-likeness (QED) is 0.947. The molecule has 1 aliphatic heterocycles. The summed E-state index contributed by atoms with van der Waals surface area (Å²) < 4.78 is 15.4. The number of nitrogens with zero attached hydrogens (tertiary/aromatic N) is 3. The maximum absolute atomic E-state index is 13.5. The molecule has 2 aromatic rings. The van der Waals surface area contributed by atoms with Gasteiger partial charge in [-0.25, -0.2) is 9.37 Å². The van der Waals surface area contributed by atoms with Gasteiger partial charge in [-0.3, -0.25) is 0 Å². The molecule has 3 rings (SSSR count). The van der Waals surface area contributed by atoms with Gasteiger partial charge in [0.05, 0.1) is 16.1 Å². The Balaban J connectivity index is 1.97. The molecule has 1 unspecified atom stereocenters. The van der Waals surface area contributed by atoms with Crippen molar-refractivity contribution >= 4 is 28.6 Å². The first-order valence-electron chi connectivity index (χ1n) is 6.91. The molecule has 2 N–H and O–H groups in total. The van der Waals surface area contributed by atoms with Crippen LogP contribution < -0.4 is 5.73 Å². The fourth-order valence-electron chi connectivity index (χ4n) is 2.99. The van der Waals surface area contributed by atoms with Gasteiger partial charge < -0.3 is 15.2 Å². The Bertz CT molecular complexity index is 634. The maximum Gasteiger partial charge on any atom is 0.201 e. The molecule has 0 aliphatic carbocycles. The van der Waals surface area contributed by atoms with Gasteiger partial charge in [0.25, 0.3) is 0 Å². The summed E-state index contributed by atoms with van der Waals surface area (Å²) in [6, 6.07) is 3.13. The molecule has 1 aliphatic rings. The second kappa shape index (κ2) is 5.22. The third kappa shape index (κ3) is 2.36. The monoisotopic (exact) mass is 296 g/mol. The molecule has 0 saturated carbocycles. The molecule has 1 saturated heterocycles. The zero-order valence-electron chi connectivity index (χ0n) is 11.4. The number of halogens is 2. The van der Waals surface area contributed by atoms with E-state index >= 15 is 0 Å². The van der Waals surface area contributed by atoms with Gasteiger partial charge >= 0.3 is 0 Å². The van der Waals surface area contributed by atoms with Crippen molar-refractivity contribution in [2.24, 2.45) is 0 Å². The highest BCUT2D eigenvalue weighted by atomic mass is 35.5. The summed E-state index contributed by atoms with van der Waals surface area (Å²) in [6.45, 7) is 5.29. The highest BCUT2D eigenvalue weighted by molar-refractivity contribution is 6.31. The minimum Gasteiger partial charge on any atom is -0.369 e. The minimum atomic E-state index is -0.462. The summed E-state index contributed by atoms with van der Waals surface area (Å²) in [5.74, 6) is -0.0515. The molecule has 1 atom stereocenters. The molecule has 2 heterocycles. The standard InChI is InChI=1S/C14H18ClFN4/c1-9(8-19-4-2-3-5-19)20-13-6-10(15)11(16)7-12(13)18-14(20)17/h6-7,9H,2-5,8H2,1H3,(H2,17,18). The van der Waals surface area contributed by atoms with Crippen LogP contribution >= 0.6 is 11.6 Å². The highest BCUT2D eigenvalue weighted by Gasteiger charge is 2.20. The van der Waals surface area contributed by atoms with Gasteiger partial charge in [-0.2, -0.15) is 0 Å². The van der Waals surface area contributed by atoms with E-state index in [4.69, 9.17) is 17.3 Å². The average Bonchev–Trinajstić information content (AvgIpc) is 2.97. The smallest absolute Gasteiger partial charge is 0.201 e. The van der Waals surface area contributed by atoms with E-state index in [-0.39, 0.29) is 11.1 Å². The van der Waals surface area contributed by atoms with Crippen LogP contribution in [0.4, 0.5) is 10.3 Å². The molecule has 0 spiro atoms. The first-order chi connectivity index (χ1) is 9.56. The average molecular weight is 297 g/mol. The molecule has 20 heavy (non-hydrogen) atoms. The van der Waals surface area contributed by atoms with Gasteiger partial charge in [-0.15, -0.1) is 0 Å². The molecule has 0 amide bonds. The maximum atomic E-state index is 13.5. The van der Waals surface area contributed by atoms with Crippen molar-refractivity contribution in [1.82, 2.24) is 14.5 Å². The van der Waals surface area contributed by atoms with Gasteiger partial charge in [-0.05, 0) is 38.9 Å².